The van der Waals surface area contributed by atoms with E-state index < -0.39 is 0 Å². The lowest BCUT2D eigenvalue weighted by Gasteiger charge is -2.37. The lowest BCUT2D eigenvalue weighted by molar-refractivity contribution is 0.0609. The number of benzene rings is 1. The zero-order chi connectivity index (χ0) is 20.5. The van der Waals surface area contributed by atoms with Crippen molar-refractivity contribution in [1.82, 2.24) is 4.90 Å². The molecular weight excluding hydrogens is 370 g/mol. The molecule has 1 amide bonds. The number of phenols is 1. The second-order valence-electron chi connectivity index (χ2n) is 7.73. The molecule has 2 rings (SSSR count). The van der Waals surface area contributed by atoms with Crippen molar-refractivity contribution in [2.24, 2.45) is 0 Å². The van der Waals surface area contributed by atoms with Crippen molar-refractivity contribution in [3.8, 4) is 11.5 Å². The van der Waals surface area contributed by atoms with Gasteiger partial charge in [0.25, 0.3) is 5.91 Å². The van der Waals surface area contributed by atoms with Crippen LogP contribution in [0.5, 0.6) is 11.5 Å². The molecule has 1 N–H and O–H groups in total. The molecule has 1 atom stereocenters. The summed E-state index contributed by atoms with van der Waals surface area (Å²) < 4.78 is 10.8. The van der Waals surface area contributed by atoms with Gasteiger partial charge in [0, 0.05) is 47.3 Å². The van der Waals surface area contributed by atoms with Crippen LogP contribution in [0.1, 0.15) is 62.4 Å². The summed E-state index contributed by atoms with van der Waals surface area (Å²) >= 11 is 0. The van der Waals surface area contributed by atoms with Crippen molar-refractivity contribution in [3.63, 3.8) is 0 Å². The molecule has 6 heteroatoms. The van der Waals surface area contributed by atoms with Crippen LogP contribution in [-0.4, -0.2) is 57.8 Å². The fourth-order valence-corrected chi connectivity index (χ4v) is 5.21. The molecule has 0 spiro atoms. The van der Waals surface area contributed by atoms with E-state index in [4.69, 9.17) is 9.47 Å². The summed E-state index contributed by atoms with van der Waals surface area (Å²) in [5.41, 5.74) is 1.57. The molecular formula is C22H35NO4Si. The van der Waals surface area contributed by atoms with Gasteiger partial charge in [-0.05, 0) is 50.4 Å². The monoisotopic (exact) mass is 405 g/mol. The van der Waals surface area contributed by atoms with E-state index in [1.54, 1.807) is 19.2 Å². The molecule has 0 aromatic heterocycles. The van der Waals surface area contributed by atoms with E-state index in [-0.39, 0.29) is 17.7 Å². The Bertz CT molecular complexity index is 629. The Morgan fingerprint density at radius 3 is 2.75 bits per heavy atom. The normalized spacial score (nSPS) is 17.0. The standard InChI is InChI=1S/C22H35NO4Si/c1-5-8-17-13-20(24)21(27-11-7-10-26-4)14-19(17)22(25)23(16(2)3)18-9-6-12-28-15-18/h13-14,16,18,24H,5-12,15H2,1-4H3/t18-/m1/s1. The van der Waals surface area contributed by atoms with E-state index in [0.29, 0.717) is 30.6 Å². The number of phenolic OH excluding ortho intramolecular Hbond substituents is 1. The number of methoxy groups -OCH3 is 1. The molecule has 5 nitrogen and oxygen atoms in total. The fourth-order valence-electron chi connectivity index (χ4n) is 3.82. The molecule has 2 radical (unpaired) electrons. The average molecular weight is 406 g/mol. The number of carbonyl (C=O) groups is 1. The highest BCUT2D eigenvalue weighted by Crippen LogP contribution is 2.33. The van der Waals surface area contributed by atoms with Gasteiger partial charge in [0.15, 0.2) is 11.5 Å². The van der Waals surface area contributed by atoms with Crippen molar-refractivity contribution in [1.29, 1.82) is 0 Å². The van der Waals surface area contributed by atoms with Gasteiger partial charge >= 0.3 is 0 Å². The first-order valence-electron chi connectivity index (χ1n) is 10.5. The van der Waals surface area contributed by atoms with Crippen LogP contribution in [0.25, 0.3) is 0 Å². The summed E-state index contributed by atoms with van der Waals surface area (Å²) in [6.07, 6.45) is 4.69. The van der Waals surface area contributed by atoms with Crippen LogP contribution < -0.4 is 4.74 Å². The Kier molecular flexibility index (Phi) is 9.32. The largest absolute Gasteiger partial charge is 0.504 e. The number of aromatic hydroxyl groups is 1. The van der Waals surface area contributed by atoms with E-state index in [1.165, 1.54) is 12.5 Å². The number of aryl methyl sites for hydroxylation is 1. The van der Waals surface area contributed by atoms with Crippen LogP contribution >= 0.6 is 0 Å². The molecule has 156 valence electrons. The van der Waals surface area contributed by atoms with E-state index in [1.807, 2.05) is 0 Å². The number of rotatable bonds is 10. The van der Waals surface area contributed by atoms with Gasteiger partial charge < -0.3 is 19.5 Å². The van der Waals surface area contributed by atoms with E-state index in [2.05, 4.69) is 25.7 Å². The van der Waals surface area contributed by atoms with Gasteiger partial charge in [-0.1, -0.05) is 25.8 Å². The van der Waals surface area contributed by atoms with Crippen LogP contribution in [0.2, 0.25) is 12.1 Å². The smallest absolute Gasteiger partial charge is 0.254 e. The molecule has 1 aromatic carbocycles. The second-order valence-corrected chi connectivity index (χ2v) is 9.14. The van der Waals surface area contributed by atoms with Crippen LogP contribution in [0.4, 0.5) is 0 Å². The number of nitrogens with zero attached hydrogens (tertiary/aromatic N) is 1. The number of hydrogen-bond donors (Lipinski definition) is 1. The van der Waals surface area contributed by atoms with Gasteiger partial charge in [0.05, 0.1) is 6.61 Å². The zero-order valence-electron chi connectivity index (χ0n) is 17.8. The van der Waals surface area contributed by atoms with Crippen molar-refractivity contribution >= 4 is 15.4 Å². The van der Waals surface area contributed by atoms with E-state index in [0.717, 1.165) is 46.8 Å². The van der Waals surface area contributed by atoms with Crippen molar-refractivity contribution in [2.45, 2.75) is 77.0 Å². The molecule has 1 fully saturated rings. The highest BCUT2D eigenvalue weighted by atomic mass is 28.2. The molecule has 0 saturated carbocycles. The van der Waals surface area contributed by atoms with Crippen molar-refractivity contribution < 1.29 is 19.4 Å². The first kappa shape index (κ1) is 22.8. The minimum Gasteiger partial charge on any atom is -0.504 e. The van der Waals surface area contributed by atoms with Gasteiger partial charge in [-0.25, -0.2) is 0 Å². The third-order valence-electron chi connectivity index (χ3n) is 5.14. The lowest BCUT2D eigenvalue weighted by atomic mass is 9.99. The summed E-state index contributed by atoms with van der Waals surface area (Å²) in [7, 11) is 2.59. The van der Waals surface area contributed by atoms with Crippen molar-refractivity contribution in [3.05, 3.63) is 23.3 Å². The van der Waals surface area contributed by atoms with Crippen LogP contribution in [0, 0.1) is 0 Å². The maximum Gasteiger partial charge on any atom is 0.254 e. The molecule has 1 aromatic rings. The third kappa shape index (κ3) is 5.98. The molecule has 0 aliphatic carbocycles. The number of ether oxygens (including phenoxy) is 2. The van der Waals surface area contributed by atoms with Gasteiger partial charge in [0.2, 0.25) is 0 Å². The minimum absolute atomic E-state index is 0.0666. The summed E-state index contributed by atoms with van der Waals surface area (Å²) in [5.74, 6) is 0.554. The Balaban J connectivity index is 2.31. The lowest BCUT2D eigenvalue weighted by Crippen LogP contribution is -2.46. The zero-order valence-corrected chi connectivity index (χ0v) is 18.8. The Hall–Kier alpha value is -1.53. The molecule has 28 heavy (non-hydrogen) atoms. The summed E-state index contributed by atoms with van der Waals surface area (Å²) in [6, 6.07) is 6.31. The highest BCUT2D eigenvalue weighted by molar-refractivity contribution is 6.36. The summed E-state index contributed by atoms with van der Waals surface area (Å²) in [5, 5.41) is 10.4. The number of hydrogen-bond acceptors (Lipinski definition) is 4. The summed E-state index contributed by atoms with van der Waals surface area (Å²) in [6.45, 7) is 7.32. The molecule has 0 unspecified atom stereocenters. The average Bonchev–Trinajstić information content (AvgIpc) is 2.67. The minimum atomic E-state index is 0.0666. The predicted molar refractivity (Wildman–Crippen MR) is 114 cm³/mol. The first-order valence-corrected chi connectivity index (χ1v) is 11.9. The SMILES string of the molecule is CCCc1cc(O)c(OCCCOC)cc1C(=O)N(C(C)C)[C@@H]1CCC[Si]C1. The first-order chi connectivity index (χ1) is 13.5. The molecule has 1 aliphatic rings. The van der Waals surface area contributed by atoms with Gasteiger partial charge in [-0.2, -0.15) is 0 Å². The molecule has 1 saturated heterocycles. The van der Waals surface area contributed by atoms with Crippen LogP contribution in [-0.2, 0) is 11.2 Å². The molecule has 1 heterocycles. The maximum atomic E-state index is 13.6. The molecule has 1 aliphatic heterocycles. The van der Waals surface area contributed by atoms with Gasteiger partial charge in [-0.3, -0.25) is 4.79 Å². The highest BCUT2D eigenvalue weighted by Gasteiger charge is 2.30. The van der Waals surface area contributed by atoms with Crippen LogP contribution in [0.15, 0.2) is 12.1 Å². The fraction of sp³-hybridized carbons (Fsp3) is 0.682. The molecule has 0 bridgehead atoms. The van der Waals surface area contributed by atoms with Crippen molar-refractivity contribution in [2.75, 3.05) is 20.3 Å². The van der Waals surface area contributed by atoms with E-state index in [9.17, 15) is 9.90 Å². The Labute approximate surface area is 172 Å². The quantitative estimate of drug-likeness (QED) is 0.465. The third-order valence-corrected chi connectivity index (χ3v) is 6.61. The maximum absolute atomic E-state index is 13.6. The van der Waals surface area contributed by atoms with Crippen LogP contribution in [0.3, 0.4) is 0 Å². The topological polar surface area (TPSA) is 59.0 Å². The van der Waals surface area contributed by atoms with Gasteiger partial charge in [-0.15, -0.1) is 0 Å². The van der Waals surface area contributed by atoms with E-state index >= 15 is 0 Å². The number of amides is 1. The Morgan fingerprint density at radius 2 is 2.14 bits per heavy atom. The second kappa shape index (κ2) is 11.5. The summed E-state index contributed by atoms with van der Waals surface area (Å²) in [4.78, 5) is 15.7. The Morgan fingerprint density at radius 1 is 1.36 bits per heavy atom. The predicted octanol–water partition coefficient (Wildman–Crippen LogP) is 4.31. The van der Waals surface area contributed by atoms with Gasteiger partial charge in [0.1, 0.15) is 0 Å². The number of carbonyl (C=O) groups excluding carboxylic acids is 1.